The van der Waals surface area contributed by atoms with E-state index in [2.05, 4.69) is 34.9 Å². The Bertz CT molecular complexity index is 1080. The van der Waals surface area contributed by atoms with Gasteiger partial charge in [-0.15, -0.1) is 0 Å². The summed E-state index contributed by atoms with van der Waals surface area (Å²) < 4.78 is 13.0. The number of carbonyl (C=O) groups excluding carboxylic acids is 2. The predicted octanol–water partition coefficient (Wildman–Crippen LogP) is 4.61. The predicted molar refractivity (Wildman–Crippen MR) is 122 cm³/mol. The molecule has 3 aromatic carbocycles. The van der Waals surface area contributed by atoms with Crippen molar-refractivity contribution in [2.24, 2.45) is 0 Å². The Labute approximate surface area is 187 Å². The van der Waals surface area contributed by atoms with Crippen LogP contribution in [0.15, 0.2) is 72.8 Å². The van der Waals surface area contributed by atoms with Crippen LogP contribution in [0.3, 0.4) is 0 Å². The summed E-state index contributed by atoms with van der Waals surface area (Å²) in [6, 6.07) is 21.9. The Balaban J connectivity index is 1.35. The Morgan fingerprint density at radius 3 is 2.28 bits per heavy atom. The molecule has 1 aliphatic rings. The van der Waals surface area contributed by atoms with Gasteiger partial charge in [-0.2, -0.15) is 0 Å². The first-order chi connectivity index (χ1) is 15.6. The molecule has 0 atom stereocenters. The van der Waals surface area contributed by atoms with Gasteiger partial charge in [0, 0.05) is 32.6 Å². The van der Waals surface area contributed by atoms with Crippen molar-refractivity contribution >= 4 is 11.9 Å². The molecule has 2 N–H and O–H groups in total. The molecule has 0 spiro atoms. The molecule has 0 unspecified atom stereocenters. The first-order valence-corrected chi connectivity index (χ1v) is 10.8. The molecule has 1 aliphatic heterocycles. The van der Waals surface area contributed by atoms with Crippen molar-refractivity contribution in [3.05, 3.63) is 95.3 Å². The van der Waals surface area contributed by atoms with E-state index in [4.69, 9.17) is 0 Å². The number of halogens is 1. The standard InChI is InChI=1S/C26H26FN3O2/c27-23-13-9-19(10-14-23)16-28-26(32)29-17-22-4-1-2-5-24(22)21-11-7-20(8-12-21)18-30-15-3-6-25(30)31/h1-2,4-5,7-14H,3,6,15-18H2,(H2,28,29,32). The van der Waals surface area contributed by atoms with E-state index >= 15 is 0 Å². The number of urea groups is 1. The summed E-state index contributed by atoms with van der Waals surface area (Å²) in [7, 11) is 0. The highest BCUT2D eigenvalue weighted by Crippen LogP contribution is 2.25. The number of nitrogens with zero attached hydrogens (tertiary/aromatic N) is 1. The summed E-state index contributed by atoms with van der Waals surface area (Å²) in [6.45, 7) is 2.19. The fourth-order valence-electron chi connectivity index (χ4n) is 3.86. The summed E-state index contributed by atoms with van der Waals surface area (Å²) >= 11 is 0. The fraction of sp³-hybridized carbons (Fsp3) is 0.231. The fourth-order valence-corrected chi connectivity index (χ4v) is 3.86. The number of hydrogen-bond acceptors (Lipinski definition) is 2. The van der Waals surface area contributed by atoms with Crippen molar-refractivity contribution in [3.8, 4) is 11.1 Å². The van der Waals surface area contributed by atoms with Crippen molar-refractivity contribution in [1.82, 2.24) is 15.5 Å². The van der Waals surface area contributed by atoms with Gasteiger partial charge >= 0.3 is 6.03 Å². The van der Waals surface area contributed by atoms with Crippen molar-refractivity contribution in [1.29, 1.82) is 0 Å². The number of rotatable bonds is 7. The molecule has 1 fully saturated rings. The molecule has 3 amide bonds. The van der Waals surface area contributed by atoms with Crippen LogP contribution in [0, 0.1) is 5.82 Å². The normalized spacial score (nSPS) is 13.3. The summed E-state index contributed by atoms with van der Waals surface area (Å²) in [5.74, 6) is -0.0735. The van der Waals surface area contributed by atoms with Crippen LogP contribution >= 0.6 is 0 Å². The SMILES string of the molecule is O=C(NCc1ccc(F)cc1)NCc1ccccc1-c1ccc(CN2CCCC2=O)cc1. The third kappa shape index (κ3) is 5.52. The quantitative estimate of drug-likeness (QED) is 0.574. The average molecular weight is 432 g/mol. The molecule has 0 bridgehead atoms. The van der Waals surface area contributed by atoms with Gasteiger partial charge in [-0.3, -0.25) is 4.79 Å². The van der Waals surface area contributed by atoms with Crippen LogP contribution in [-0.2, 0) is 24.4 Å². The smallest absolute Gasteiger partial charge is 0.315 e. The van der Waals surface area contributed by atoms with E-state index in [1.807, 2.05) is 29.2 Å². The third-order valence-electron chi connectivity index (χ3n) is 5.63. The molecular weight excluding hydrogens is 405 g/mol. The Morgan fingerprint density at radius 2 is 1.56 bits per heavy atom. The molecule has 0 aliphatic carbocycles. The molecular formula is C26H26FN3O2. The first-order valence-electron chi connectivity index (χ1n) is 10.8. The van der Waals surface area contributed by atoms with Crippen LogP contribution in [0.2, 0.25) is 0 Å². The van der Waals surface area contributed by atoms with Gasteiger partial charge in [0.05, 0.1) is 0 Å². The van der Waals surface area contributed by atoms with Gasteiger partial charge in [0.2, 0.25) is 5.91 Å². The van der Waals surface area contributed by atoms with Gasteiger partial charge in [-0.25, -0.2) is 9.18 Å². The number of carbonyl (C=O) groups is 2. The van der Waals surface area contributed by atoms with Crippen LogP contribution in [0.1, 0.15) is 29.5 Å². The molecule has 1 heterocycles. The minimum Gasteiger partial charge on any atom is -0.338 e. The number of benzene rings is 3. The van der Waals surface area contributed by atoms with Crippen LogP contribution < -0.4 is 10.6 Å². The lowest BCUT2D eigenvalue weighted by Crippen LogP contribution is -2.34. The molecule has 0 radical (unpaired) electrons. The Morgan fingerprint density at radius 1 is 0.875 bits per heavy atom. The topological polar surface area (TPSA) is 61.4 Å². The molecule has 1 saturated heterocycles. The zero-order valence-electron chi connectivity index (χ0n) is 17.8. The molecule has 0 aromatic heterocycles. The van der Waals surface area contributed by atoms with Crippen molar-refractivity contribution in [2.45, 2.75) is 32.5 Å². The molecule has 0 saturated carbocycles. The maximum atomic E-state index is 13.0. The van der Waals surface area contributed by atoms with Gasteiger partial charge in [-0.1, -0.05) is 60.7 Å². The first kappa shape index (κ1) is 21.6. The van der Waals surface area contributed by atoms with Gasteiger partial charge < -0.3 is 15.5 Å². The van der Waals surface area contributed by atoms with Crippen molar-refractivity contribution < 1.29 is 14.0 Å². The van der Waals surface area contributed by atoms with E-state index in [-0.39, 0.29) is 17.8 Å². The maximum absolute atomic E-state index is 13.0. The maximum Gasteiger partial charge on any atom is 0.315 e. The highest BCUT2D eigenvalue weighted by molar-refractivity contribution is 5.78. The van der Waals surface area contributed by atoms with Gasteiger partial charge in [0.1, 0.15) is 5.82 Å². The molecule has 3 aromatic rings. The van der Waals surface area contributed by atoms with Crippen LogP contribution in [0.25, 0.3) is 11.1 Å². The summed E-state index contributed by atoms with van der Waals surface area (Å²) in [5, 5.41) is 5.68. The van der Waals surface area contributed by atoms with E-state index in [0.717, 1.165) is 40.8 Å². The lowest BCUT2D eigenvalue weighted by molar-refractivity contribution is -0.128. The lowest BCUT2D eigenvalue weighted by atomic mass is 9.98. The largest absolute Gasteiger partial charge is 0.338 e. The van der Waals surface area contributed by atoms with Crippen LogP contribution in [-0.4, -0.2) is 23.4 Å². The van der Waals surface area contributed by atoms with E-state index < -0.39 is 0 Å². The number of hydrogen-bond donors (Lipinski definition) is 2. The molecule has 5 nitrogen and oxygen atoms in total. The summed E-state index contributed by atoms with van der Waals surface area (Å²) in [5.41, 5.74) is 5.06. The zero-order valence-corrected chi connectivity index (χ0v) is 17.8. The number of nitrogens with one attached hydrogen (secondary N) is 2. The second-order valence-electron chi connectivity index (χ2n) is 7.94. The number of likely N-dealkylation sites (tertiary alicyclic amines) is 1. The summed E-state index contributed by atoms with van der Waals surface area (Å²) in [4.78, 5) is 26.0. The van der Waals surface area contributed by atoms with Gasteiger partial charge in [-0.05, 0) is 46.4 Å². The third-order valence-corrected chi connectivity index (χ3v) is 5.63. The van der Waals surface area contributed by atoms with Gasteiger partial charge in [0.15, 0.2) is 0 Å². The van der Waals surface area contributed by atoms with Crippen molar-refractivity contribution in [2.75, 3.05) is 6.54 Å². The highest BCUT2D eigenvalue weighted by atomic mass is 19.1. The molecule has 32 heavy (non-hydrogen) atoms. The second-order valence-corrected chi connectivity index (χ2v) is 7.94. The van der Waals surface area contributed by atoms with Gasteiger partial charge in [0.25, 0.3) is 0 Å². The minimum absolute atomic E-state index is 0.225. The van der Waals surface area contributed by atoms with Crippen LogP contribution in [0.5, 0.6) is 0 Å². The molecule has 6 heteroatoms. The van der Waals surface area contributed by atoms with E-state index in [9.17, 15) is 14.0 Å². The Kier molecular flexibility index (Phi) is 6.80. The summed E-state index contributed by atoms with van der Waals surface area (Å²) in [6.07, 6.45) is 1.59. The van der Waals surface area contributed by atoms with E-state index in [1.54, 1.807) is 12.1 Å². The highest BCUT2D eigenvalue weighted by Gasteiger charge is 2.19. The van der Waals surface area contributed by atoms with E-state index in [1.165, 1.54) is 12.1 Å². The monoisotopic (exact) mass is 431 g/mol. The zero-order chi connectivity index (χ0) is 22.3. The molecule has 4 rings (SSSR count). The van der Waals surface area contributed by atoms with E-state index in [0.29, 0.717) is 26.1 Å². The minimum atomic E-state index is -0.299. The second kappa shape index (κ2) is 10.1. The lowest BCUT2D eigenvalue weighted by Gasteiger charge is -2.16. The van der Waals surface area contributed by atoms with Crippen LogP contribution in [0.4, 0.5) is 9.18 Å². The number of amides is 3. The average Bonchev–Trinajstić information content (AvgIpc) is 3.22. The molecule has 164 valence electrons. The Hall–Kier alpha value is -3.67. The van der Waals surface area contributed by atoms with Crippen molar-refractivity contribution in [3.63, 3.8) is 0 Å².